The molecule has 1 saturated heterocycles. The number of hydrogen-bond donors (Lipinski definition) is 1. The second-order valence-electron chi connectivity index (χ2n) is 6.76. The SMILES string of the molecule is O=S(=O)(Nc1ccc2ccccc2n1)N1CCOC(COc2cc(F)cc(F)c2)C1. The van der Waals surface area contributed by atoms with Gasteiger partial charge in [-0.3, -0.25) is 4.72 Å². The summed E-state index contributed by atoms with van der Waals surface area (Å²) in [6.07, 6.45) is -0.591. The standard InChI is InChI=1S/C20H19F2N3O4S/c21-15-9-16(22)11-17(10-15)29-13-18-12-25(7-8-28-18)30(26,27)24-20-6-5-14-3-1-2-4-19(14)23-20/h1-6,9-11,18H,7-8,12-13H2,(H,23,24). The van der Waals surface area contributed by atoms with Crippen LogP contribution in [-0.2, 0) is 14.9 Å². The molecule has 4 rings (SSSR count). The molecule has 1 atom stereocenters. The number of fused-ring (bicyclic) bond motifs is 1. The van der Waals surface area contributed by atoms with E-state index in [1.54, 1.807) is 18.2 Å². The minimum atomic E-state index is -3.87. The summed E-state index contributed by atoms with van der Waals surface area (Å²) in [7, 11) is -3.87. The van der Waals surface area contributed by atoms with Gasteiger partial charge >= 0.3 is 10.2 Å². The van der Waals surface area contributed by atoms with Crippen LogP contribution in [0.25, 0.3) is 10.9 Å². The largest absolute Gasteiger partial charge is 0.491 e. The zero-order chi connectivity index (χ0) is 21.1. The van der Waals surface area contributed by atoms with Gasteiger partial charge < -0.3 is 9.47 Å². The number of ether oxygens (including phenoxy) is 2. The van der Waals surface area contributed by atoms with Crippen molar-refractivity contribution in [3.8, 4) is 5.75 Å². The van der Waals surface area contributed by atoms with Crippen molar-refractivity contribution in [1.82, 2.24) is 9.29 Å². The molecule has 1 unspecified atom stereocenters. The predicted molar refractivity (Wildman–Crippen MR) is 107 cm³/mol. The van der Waals surface area contributed by atoms with Crippen LogP contribution in [0, 0.1) is 11.6 Å². The fourth-order valence-electron chi connectivity index (χ4n) is 3.13. The van der Waals surface area contributed by atoms with E-state index in [1.165, 1.54) is 4.31 Å². The smallest absolute Gasteiger partial charge is 0.302 e. The highest BCUT2D eigenvalue weighted by Gasteiger charge is 2.30. The molecule has 1 aliphatic rings. The third kappa shape index (κ3) is 4.84. The van der Waals surface area contributed by atoms with Crippen molar-refractivity contribution in [2.75, 3.05) is 31.0 Å². The van der Waals surface area contributed by atoms with Crippen molar-refractivity contribution in [3.05, 3.63) is 66.2 Å². The minimum absolute atomic E-state index is 0.00886. The second-order valence-corrected chi connectivity index (χ2v) is 8.43. The molecule has 0 spiro atoms. The lowest BCUT2D eigenvalue weighted by atomic mass is 10.2. The highest BCUT2D eigenvalue weighted by molar-refractivity contribution is 7.90. The van der Waals surface area contributed by atoms with Gasteiger partial charge in [-0.1, -0.05) is 18.2 Å². The van der Waals surface area contributed by atoms with E-state index >= 15 is 0 Å². The summed E-state index contributed by atoms with van der Waals surface area (Å²) in [4.78, 5) is 4.32. The Morgan fingerprint density at radius 3 is 2.70 bits per heavy atom. The van der Waals surface area contributed by atoms with Gasteiger partial charge in [-0.2, -0.15) is 12.7 Å². The number of benzene rings is 2. The molecule has 1 N–H and O–H groups in total. The maximum absolute atomic E-state index is 13.3. The zero-order valence-corrected chi connectivity index (χ0v) is 16.6. The molecule has 1 aliphatic heterocycles. The molecule has 1 aromatic heterocycles. The van der Waals surface area contributed by atoms with Gasteiger partial charge in [-0.15, -0.1) is 0 Å². The fraction of sp³-hybridized carbons (Fsp3) is 0.250. The normalized spacial score (nSPS) is 17.7. The van der Waals surface area contributed by atoms with Crippen molar-refractivity contribution in [3.63, 3.8) is 0 Å². The lowest BCUT2D eigenvalue weighted by Crippen LogP contribution is -2.49. The monoisotopic (exact) mass is 435 g/mol. The van der Waals surface area contributed by atoms with Crippen molar-refractivity contribution in [2.24, 2.45) is 0 Å². The average molecular weight is 435 g/mol. The van der Waals surface area contributed by atoms with Crippen LogP contribution in [0.3, 0.4) is 0 Å². The highest BCUT2D eigenvalue weighted by atomic mass is 32.2. The highest BCUT2D eigenvalue weighted by Crippen LogP contribution is 2.19. The van der Waals surface area contributed by atoms with Gasteiger partial charge in [0.25, 0.3) is 0 Å². The molecule has 0 saturated carbocycles. The molecule has 158 valence electrons. The fourth-order valence-corrected chi connectivity index (χ4v) is 4.32. The summed E-state index contributed by atoms with van der Waals surface area (Å²) in [5, 5.41) is 0.901. The lowest BCUT2D eigenvalue weighted by molar-refractivity contribution is -0.0248. The number of pyridine rings is 1. The summed E-state index contributed by atoms with van der Waals surface area (Å²) in [5.74, 6) is -1.30. The summed E-state index contributed by atoms with van der Waals surface area (Å²) in [6, 6.07) is 13.6. The first kappa shape index (κ1) is 20.5. The topological polar surface area (TPSA) is 80.8 Å². The third-order valence-corrected chi connectivity index (χ3v) is 6.02. The van der Waals surface area contributed by atoms with E-state index in [0.29, 0.717) is 5.52 Å². The molecular weight excluding hydrogens is 416 g/mol. The van der Waals surface area contributed by atoms with Crippen LogP contribution < -0.4 is 9.46 Å². The van der Waals surface area contributed by atoms with Crippen LogP contribution >= 0.6 is 0 Å². The molecule has 0 bridgehead atoms. The van der Waals surface area contributed by atoms with E-state index in [4.69, 9.17) is 9.47 Å². The van der Waals surface area contributed by atoms with Gasteiger partial charge in [0.1, 0.15) is 35.9 Å². The van der Waals surface area contributed by atoms with Crippen molar-refractivity contribution < 1.29 is 26.7 Å². The Morgan fingerprint density at radius 1 is 1.13 bits per heavy atom. The van der Waals surface area contributed by atoms with Gasteiger partial charge in [0.2, 0.25) is 0 Å². The van der Waals surface area contributed by atoms with Gasteiger partial charge in [-0.05, 0) is 18.2 Å². The molecule has 3 aromatic rings. The van der Waals surface area contributed by atoms with Crippen LogP contribution in [0.1, 0.15) is 0 Å². The van der Waals surface area contributed by atoms with E-state index in [2.05, 4.69) is 9.71 Å². The van der Waals surface area contributed by atoms with E-state index in [-0.39, 0.29) is 37.9 Å². The first-order chi connectivity index (χ1) is 14.4. The number of rotatable bonds is 6. The van der Waals surface area contributed by atoms with Crippen LogP contribution in [0.15, 0.2) is 54.6 Å². The summed E-state index contributed by atoms with van der Waals surface area (Å²) in [5.41, 5.74) is 0.674. The van der Waals surface area contributed by atoms with Gasteiger partial charge in [0.15, 0.2) is 0 Å². The molecule has 0 radical (unpaired) electrons. The first-order valence-electron chi connectivity index (χ1n) is 9.23. The van der Waals surface area contributed by atoms with Gasteiger partial charge in [0, 0.05) is 36.7 Å². The quantitative estimate of drug-likeness (QED) is 0.644. The van der Waals surface area contributed by atoms with Crippen molar-refractivity contribution >= 4 is 26.9 Å². The Bertz CT molecular complexity index is 1140. The van der Waals surface area contributed by atoms with Gasteiger partial charge in [-0.25, -0.2) is 13.8 Å². The second kappa shape index (κ2) is 8.50. The molecular formula is C20H19F2N3O4S. The van der Waals surface area contributed by atoms with E-state index in [1.807, 2.05) is 18.2 Å². The Hall–Kier alpha value is -2.82. The lowest BCUT2D eigenvalue weighted by Gasteiger charge is -2.32. The van der Waals surface area contributed by atoms with Crippen LogP contribution in [-0.4, -0.2) is 50.1 Å². The molecule has 2 heterocycles. The number of para-hydroxylation sites is 1. The number of hydrogen-bond acceptors (Lipinski definition) is 5. The third-order valence-electron chi connectivity index (χ3n) is 4.55. The Morgan fingerprint density at radius 2 is 1.90 bits per heavy atom. The summed E-state index contributed by atoms with van der Waals surface area (Å²) >= 11 is 0. The Balaban J connectivity index is 1.40. The van der Waals surface area contributed by atoms with Gasteiger partial charge in [0.05, 0.1) is 12.1 Å². The number of anilines is 1. The molecule has 30 heavy (non-hydrogen) atoms. The molecule has 7 nitrogen and oxygen atoms in total. The molecule has 10 heteroatoms. The maximum Gasteiger partial charge on any atom is 0.302 e. The van der Waals surface area contributed by atoms with E-state index < -0.39 is 27.9 Å². The van der Waals surface area contributed by atoms with Crippen molar-refractivity contribution in [1.29, 1.82) is 0 Å². The Labute approximate surface area is 172 Å². The van der Waals surface area contributed by atoms with E-state index in [0.717, 1.165) is 23.6 Å². The first-order valence-corrected chi connectivity index (χ1v) is 10.7. The van der Waals surface area contributed by atoms with E-state index in [9.17, 15) is 17.2 Å². The molecule has 0 amide bonds. The van der Waals surface area contributed by atoms with Crippen LogP contribution in [0.4, 0.5) is 14.6 Å². The average Bonchev–Trinajstić information content (AvgIpc) is 2.71. The number of halogens is 2. The number of nitrogens with one attached hydrogen (secondary N) is 1. The Kier molecular flexibility index (Phi) is 5.80. The number of aromatic nitrogens is 1. The van der Waals surface area contributed by atoms with Crippen LogP contribution in [0.5, 0.6) is 5.75 Å². The predicted octanol–water partition coefficient (Wildman–Crippen LogP) is 2.95. The molecule has 1 fully saturated rings. The number of morpholine rings is 1. The summed E-state index contributed by atoms with van der Waals surface area (Å²) in [6.45, 7) is 0.301. The summed E-state index contributed by atoms with van der Waals surface area (Å²) < 4.78 is 66.7. The molecule has 2 aromatic carbocycles. The number of nitrogens with zero attached hydrogens (tertiary/aromatic N) is 2. The molecule has 0 aliphatic carbocycles. The maximum atomic E-state index is 13.3. The zero-order valence-electron chi connectivity index (χ0n) is 15.8. The minimum Gasteiger partial charge on any atom is -0.491 e. The van der Waals surface area contributed by atoms with Crippen molar-refractivity contribution in [2.45, 2.75) is 6.10 Å². The van der Waals surface area contributed by atoms with Crippen LogP contribution in [0.2, 0.25) is 0 Å².